The van der Waals surface area contributed by atoms with Crippen LogP contribution in [-0.2, 0) is 0 Å². The molecule has 0 aliphatic carbocycles. The summed E-state index contributed by atoms with van der Waals surface area (Å²) in [7, 11) is 0. The fourth-order valence-electron chi connectivity index (χ4n) is 0.842. The van der Waals surface area contributed by atoms with E-state index in [9.17, 15) is 18.0 Å². The molecule has 0 amide bonds. The summed E-state index contributed by atoms with van der Waals surface area (Å²) >= 11 is 5.43. The molecule has 14 heavy (non-hydrogen) atoms. The van der Waals surface area contributed by atoms with Crippen LogP contribution in [0.5, 0.6) is 5.75 Å². The number of alkyl halides is 3. The van der Waals surface area contributed by atoms with Crippen molar-refractivity contribution in [2.75, 3.05) is 0 Å². The van der Waals surface area contributed by atoms with Crippen molar-refractivity contribution in [3.05, 3.63) is 28.8 Å². The van der Waals surface area contributed by atoms with Crippen molar-refractivity contribution in [1.82, 2.24) is 0 Å². The number of rotatable bonds is 2. The Morgan fingerprint density at radius 2 is 2.00 bits per heavy atom. The summed E-state index contributed by atoms with van der Waals surface area (Å²) < 4.78 is 39.1. The van der Waals surface area contributed by atoms with E-state index < -0.39 is 12.1 Å². The number of aldehydes is 1. The first-order chi connectivity index (χ1) is 6.44. The van der Waals surface area contributed by atoms with Crippen molar-refractivity contribution in [2.24, 2.45) is 0 Å². The lowest BCUT2D eigenvalue weighted by Crippen LogP contribution is -2.18. The molecule has 0 spiro atoms. The van der Waals surface area contributed by atoms with E-state index in [0.717, 1.165) is 0 Å². The molecule has 76 valence electrons. The van der Waals surface area contributed by atoms with Crippen LogP contribution in [-0.4, -0.2) is 12.6 Å². The fourth-order valence-corrected chi connectivity index (χ4v) is 1.06. The summed E-state index contributed by atoms with van der Waals surface area (Å²) in [6.07, 6.45) is -4.62. The van der Waals surface area contributed by atoms with Gasteiger partial charge in [0.2, 0.25) is 0 Å². The van der Waals surface area contributed by atoms with Gasteiger partial charge in [0.1, 0.15) is 0 Å². The van der Waals surface area contributed by atoms with Gasteiger partial charge in [-0.15, -0.1) is 13.2 Å². The summed E-state index contributed by atoms with van der Waals surface area (Å²) in [4.78, 5) is 10.4. The van der Waals surface area contributed by atoms with Crippen LogP contribution in [0.4, 0.5) is 13.2 Å². The first-order valence-electron chi connectivity index (χ1n) is 3.43. The SMILES string of the molecule is O=Cc1cccc(Cl)c1OC(F)(F)F. The zero-order chi connectivity index (χ0) is 10.8. The van der Waals surface area contributed by atoms with Crippen LogP contribution >= 0.6 is 11.6 Å². The van der Waals surface area contributed by atoms with Gasteiger partial charge >= 0.3 is 6.36 Å². The Kier molecular flexibility index (Phi) is 3.00. The number of carbonyl (C=O) groups excluding carboxylic acids is 1. The summed E-state index contributed by atoms with van der Waals surface area (Å²) in [5.41, 5.74) is -0.241. The van der Waals surface area contributed by atoms with Crippen LogP contribution in [0, 0.1) is 0 Å². The first-order valence-corrected chi connectivity index (χ1v) is 3.81. The minimum atomic E-state index is -4.86. The topological polar surface area (TPSA) is 26.3 Å². The van der Waals surface area contributed by atoms with Crippen LogP contribution in [0.3, 0.4) is 0 Å². The lowest BCUT2D eigenvalue weighted by Gasteiger charge is -2.11. The number of benzene rings is 1. The average Bonchev–Trinajstić information content (AvgIpc) is 2.06. The Bertz CT molecular complexity index is 349. The first kappa shape index (κ1) is 10.8. The Labute approximate surface area is 82.2 Å². The second-order valence-corrected chi connectivity index (χ2v) is 2.73. The van der Waals surface area contributed by atoms with Crippen LogP contribution in [0.1, 0.15) is 10.4 Å². The highest BCUT2D eigenvalue weighted by Crippen LogP contribution is 2.32. The molecule has 0 aromatic heterocycles. The van der Waals surface area contributed by atoms with Gasteiger partial charge < -0.3 is 4.74 Å². The van der Waals surface area contributed by atoms with Gasteiger partial charge in [-0.2, -0.15) is 0 Å². The zero-order valence-electron chi connectivity index (χ0n) is 6.64. The number of hydrogen-bond acceptors (Lipinski definition) is 2. The van der Waals surface area contributed by atoms with Gasteiger partial charge in [0.05, 0.1) is 10.6 Å². The second kappa shape index (κ2) is 3.88. The molecule has 0 N–H and O–H groups in total. The maximum atomic E-state index is 11.8. The summed E-state index contributed by atoms with van der Waals surface area (Å²) in [5, 5.41) is -0.257. The van der Waals surface area contributed by atoms with Gasteiger partial charge in [0.25, 0.3) is 0 Å². The van der Waals surface area contributed by atoms with Crippen LogP contribution in [0.2, 0.25) is 5.02 Å². The molecule has 6 heteroatoms. The molecule has 0 aliphatic heterocycles. The predicted octanol–water partition coefficient (Wildman–Crippen LogP) is 3.05. The number of para-hydroxylation sites is 1. The summed E-state index contributed by atoms with van der Waals surface area (Å²) in [6.45, 7) is 0. The summed E-state index contributed by atoms with van der Waals surface area (Å²) in [6, 6.07) is 3.74. The quantitative estimate of drug-likeness (QED) is 0.722. The molecule has 0 bridgehead atoms. The molecule has 0 unspecified atom stereocenters. The van der Waals surface area contributed by atoms with Crippen molar-refractivity contribution in [3.8, 4) is 5.75 Å². The van der Waals surface area contributed by atoms with Crippen molar-refractivity contribution < 1.29 is 22.7 Å². The lowest BCUT2D eigenvalue weighted by molar-refractivity contribution is -0.274. The number of carbonyl (C=O) groups is 1. The zero-order valence-corrected chi connectivity index (χ0v) is 7.39. The number of halogens is 4. The van der Waals surface area contributed by atoms with E-state index in [0.29, 0.717) is 0 Å². The smallest absolute Gasteiger partial charge is 0.403 e. The lowest BCUT2D eigenvalue weighted by atomic mass is 10.2. The Balaban J connectivity index is 3.11. The predicted molar refractivity (Wildman–Crippen MR) is 43.5 cm³/mol. The highest BCUT2D eigenvalue weighted by Gasteiger charge is 2.33. The molecule has 1 aromatic rings. The van der Waals surface area contributed by atoms with E-state index >= 15 is 0 Å². The molecule has 1 rings (SSSR count). The van der Waals surface area contributed by atoms with Crippen LogP contribution < -0.4 is 4.74 Å². The summed E-state index contributed by atoms with van der Waals surface area (Å²) in [5.74, 6) is -0.670. The van der Waals surface area contributed by atoms with Crippen LogP contribution in [0.15, 0.2) is 18.2 Å². The van der Waals surface area contributed by atoms with Gasteiger partial charge in [0.15, 0.2) is 12.0 Å². The molecule has 2 nitrogen and oxygen atoms in total. The van der Waals surface area contributed by atoms with Crippen molar-refractivity contribution in [1.29, 1.82) is 0 Å². The Hall–Kier alpha value is -1.23. The minimum Gasteiger partial charge on any atom is -0.403 e. The molecule has 0 atom stereocenters. The number of hydrogen-bond donors (Lipinski definition) is 0. The van der Waals surface area contributed by atoms with Gasteiger partial charge in [-0.1, -0.05) is 17.7 Å². The van der Waals surface area contributed by atoms with E-state index in [1.165, 1.54) is 18.2 Å². The molecule has 0 aliphatic rings. The molecule has 0 fully saturated rings. The molecule has 0 saturated carbocycles. The maximum absolute atomic E-state index is 11.8. The van der Waals surface area contributed by atoms with Crippen molar-refractivity contribution >= 4 is 17.9 Å². The minimum absolute atomic E-state index is 0.241. The van der Waals surface area contributed by atoms with Gasteiger partial charge in [0, 0.05) is 0 Å². The van der Waals surface area contributed by atoms with Crippen molar-refractivity contribution in [3.63, 3.8) is 0 Å². The molecule has 1 aromatic carbocycles. The molecular weight excluding hydrogens is 221 g/mol. The fraction of sp³-hybridized carbons (Fsp3) is 0.125. The van der Waals surface area contributed by atoms with E-state index in [2.05, 4.69) is 4.74 Å². The monoisotopic (exact) mass is 224 g/mol. The molecule has 0 radical (unpaired) electrons. The van der Waals surface area contributed by atoms with Gasteiger partial charge in [-0.05, 0) is 12.1 Å². The number of ether oxygens (including phenoxy) is 1. The van der Waals surface area contributed by atoms with E-state index in [1.807, 2.05) is 0 Å². The van der Waals surface area contributed by atoms with Gasteiger partial charge in [-0.3, -0.25) is 4.79 Å². The van der Waals surface area contributed by atoms with Crippen LogP contribution in [0.25, 0.3) is 0 Å². The largest absolute Gasteiger partial charge is 0.573 e. The van der Waals surface area contributed by atoms with E-state index in [-0.39, 0.29) is 16.9 Å². The third kappa shape index (κ3) is 2.63. The van der Waals surface area contributed by atoms with Crippen molar-refractivity contribution in [2.45, 2.75) is 6.36 Å². The van der Waals surface area contributed by atoms with Gasteiger partial charge in [-0.25, -0.2) is 0 Å². The highest BCUT2D eigenvalue weighted by molar-refractivity contribution is 6.32. The average molecular weight is 225 g/mol. The normalized spacial score (nSPS) is 11.1. The standard InChI is InChI=1S/C8H4ClF3O2/c9-6-3-1-2-5(4-13)7(6)14-8(10,11)12/h1-4H. The highest BCUT2D eigenvalue weighted by atomic mass is 35.5. The Morgan fingerprint density at radius 1 is 1.36 bits per heavy atom. The maximum Gasteiger partial charge on any atom is 0.573 e. The molecule has 0 heterocycles. The third-order valence-corrected chi connectivity index (χ3v) is 1.64. The second-order valence-electron chi connectivity index (χ2n) is 2.32. The third-order valence-electron chi connectivity index (χ3n) is 1.34. The molecule has 0 saturated heterocycles. The molecular formula is C8H4ClF3O2. The van der Waals surface area contributed by atoms with E-state index in [4.69, 9.17) is 11.6 Å². The van der Waals surface area contributed by atoms with E-state index in [1.54, 1.807) is 0 Å². The Morgan fingerprint density at radius 3 is 2.50 bits per heavy atom.